The molecule has 2 amide bonds. The van der Waals surface area contributed by atoms with Crippen molar-refractivity contribution in [2.24, 2.45) is 0 Å². The number of carbonyl (C=O) groups excluding carboxylic acids is 2. The van der Waals surface area contributed by atoms with Gasteiger partial charge in [0.1, 0.15) is 12.1 Å². The summed E-state index contributed by atoms with van der Waals surface area (Å²) >= 11 is 1.51. The SMILES string of the molecule is O=C1CC(C(=O)NCc2coc(-c3cccs3)n2)c2ccc(F)cc2N1. The van der Waals surface area contributed by atoms with E-state index in [1.54, 1.807) is 0 Å². The normalized spacial score (nSPS) is 16.0. The highest BCUT2D eigenvalue weighted by Gasteiger charge is 2.30. The number of hydrogen-bond donors (Lipinski definition) is 2. The van der Waals surface area contributed by atoms with Crippen LogP contribution < -0.4 is 10.6 Å². The molecule has 26 heavy (non-hydrogen) atoms. The van der Waals surface area contributed by atoms with Crippen LogP contribution in [0.5, 0.6) is 0 Å². The van der Waals surface area contributed by atoms with Gasteiger partial charge >= 0.3 is 0 Å². The molecule has 0 fully saturated rings. The van der Waals surface area contributed by atoms with Gasteiger partial charge in [-0.1, -0.05) is 12.1 Å². The average molecular weight is 371 g/mol. The first kappa shape index (κ1) is 16.5. The molecule has 1 aliphatic heterocycles. The van der Waals surface area contributed by atoms with E-state index in [1.165, 1.54) is 35.8 Å². The van der Waals surface area contributed by atoms with Crippen molar-refractivity contribution in [3.05, 3.63) is 59.0 Å². The van der Waals surface area contributed by atoms with E-state index in [4.69, 9.17) is 4.42 Å². The van der Waals surface area contributed by atoms with E-state index >= 15 is 0 Å². The Bertz CT molecular complexity index is 968. The van der Waals surface area contributed by atoms with Gasteiger partial charge in [-0.2, -0.15) is 0 Å². The van der Waals surface area contributed by atoms with Gasteiger partial charge < -0.3 is 15.1 Å². The molecule has 3 aromatic rings. The number of anilines is 1. The summed E-state index contributed by atoms with van der Waals surface area (Å²) in [6.07, 6.45) is 1.51. The van der Waals surface area contributed by atoms with E-state index in [-0.39, 0.29) is 24.8 Å². The fourth-order valence-corrected chi connectivity index (χ4v) is 3.53. The highest BCUT2D eigenvalue weighted by molar-refractivity contribution is 7.13. The molecule has 0 saturated carbocycles. The maximum Gasteiger partial charge on any atom is 0.236 e. The number of nitrogens with zero attached hydrogens (tertiary/aromatic N) is 1. The minimum atomic E-state index is -0.664. The molecule has 0 spiro atoms. The molecule has 0 radical (unpaired) electrons. The number of hydrogen-bond acceptors (Lipinski definition) is 5. The summed E-state index contributed by atoms with van der Waals surface area (Å²) in [5.41, 5.74) is 1.52. The summed E-state index contributed by atoms with van der Waals surface area (Å²) in [4.78, 5) is 29.6. The molecule has 1 unspecified atom stereocenters. The van der Waals surface area contributed by atoms with E-state index in [2.05, 4.69) is 15.6 Å². The third-order valence-corrected chi connectivity index (χ3v) is 4.96. The van der Waals surface area contributed by atoms with Crippen molar-refractivity contribution in [2.45, 2.75) is 18.9 Å². The van der Waals surface area contributed by atoms with Gasteiger partial charge in [-0.15, -0.1) is 11.3 Å². The van der Waals surface area contributed by atoms with Gasteiger partial charge in [-0.3, -0.25) is 9.59 Å². The number of rotatable bonds is 4. The lowest BCUT2D eigenvalue weighted by Crippen LogP contribution is -2.34. The molecular formula is C18H14FN3O3S. The predicted molar refractivity (Wildman–Crippen MR) is 94.1 cm³/mol. The van der Waals surface area contributed by atoms with E-state index in [0.717, 1.165) is 4.88 Å². The smallest absolute Gasteiger partial charge is 0.236 e. The zero-order valence-electron chi connectivity index (χ0n) is 13.5. The van der Waals surface area contributed by atoms with Crippen LogP contribution in [-0.2, 0) is 16.1 Å². The predicted octanol–water partition coefficient (Wildman–Crippen LogP) is 3.28. The van der Waals surface area contributed by atoms with Crippen LogP contribution in [0.25, 0.3) is 10.8 Å². The number of fused-ring (bicyclic) bond motifs is 1. The van der Waals surface area contributed by atoms with Crippen molar-refractivity contribution >= 4 is 28.8 Å². The quantitative estimate of drug-likeness (QED) is 0.737. The fraction of sp³-hybridized carbons (Fsp3) is 0.167. The molecule has 1 aromatic carbocycles. The van der Waals surface area contributed by atoms with Crippen LogP contribution in [0, 0.1) is 5.82 Å². The van der Waals surface area contributed by atoms with Crippen LogP contribution in [-0.4, -0.2) is 16.8 Å². The molecule has 1 aliphatic rings. The summed E-state index contributed by atoms with van der Waals surface area (Å²) in [7, 11) is 0. The first-order valence-electron chi connectivity index (χ1n) is 7.95. The lowest BCUT2D eigenvalue weighted by Gasteiger charge is -2.24. The van der Waals surface area contributed by atoms with E-state index in [1.807, 2.05) is 17.5 Å². The van der Waals surface area contributed by atoms with Crippen LogP contribution >= 0.6 is 11.3 Å². The molecule has 2 aromatic heterocycles. The van der Waals surface area contributed by atoms with Gasteiger partial charge in [-0.25, -0.2) is 9.37 Å². The molecule has 6 nitrogen and oxygen atoms in total. The Morgan fingerprint density at radius 2 is 2.31 bits per heavy atom. The minimum Gasteiger partial charge on any atom is -0.443 e. The lowest BCUT2D eigenvalue weighted by atomic mass is 9.89. The molecule has 1 atom stereocenters. The highest BCUT2D eigenvalue weighted by Crippen LogP contribution is 2.33. The maximum atomic E-state index is 13.4. The average Bonchev–Trinajstić information content (AvgIpc) is 3.29. The molecule has 0 saturated heterocycles. The zero-order valence-corrected chi connectivity index (χ0v) is 14.3. The Kier molecular flexibility index (Phi) is 4.26. The Hall–Kier alpha value is -3.00. The molecule has 0 bridgehead atoms. The number of thiophene rings is 1. The van der Waals surface area contributed by atoms with Crippen LogP contribution in [0.15, 0.2) is 46.4 Å². The first-order valence-corrected chi connectivity index (χ1v) is 8.83. The van der Waals surface area contributed by atoms with Gasteiger partial charge in [-0.05, 0) is 29.1 Å². The molecular weight excluding hydrogens is 357 g/mol. The first-order chi connectivity index (χ1) is 12.6. The molecule has 2 N–H and O–H groups in total. The summed E-state index contributed by atoms with van der Waals surface area (Å²) < 4.78 is 18.8. The zero-order chi connectivity index (χ0) is 18.1. The number of amides is 2. The summed E-state index contributed by atoms with van der Waals surface area (Å²) in [5, 5.41) is 7.29. The van der Waals surface area contributed by atoms with E-state index < -0.39 is 11.7 Å². The third-order valence-electron chi connectivity index (χ3n) is 4.10. The second-order valence-electron chi connectivity index (χ2n) is 5.88. The molecule has 3 heterocycles. The van der Waals surface area contributed by atoms with Gasteiger partial charge in [0.05, 0.1) is 23.0 Å². The standard InChI is InChI=1S/C18H14FN3O3S/c19-10-3-4-12-13(7-16(23)22-14(12)6-10)17(24)20-8-11-9-25-18(21-11)15-2-1-5-26-15/h1-6,9,13H,7-8H2,(H,20,24)(H,22,23). The molecule has 8 heteroatoms. The number of benzene rings is 1. The monoisotopic (exact) mass is 371 g/mol. The third kappa shape index (κ3) is 3.23. The van der Waals surface area contributed by atoms with Gasteiger partial charge in [0.2, 0.25) is 17.7 Å². The topological polar surface area (TPSA) is 84.2 Å². The molecule has 0 aliphatic carbocycles. The Labute approximate surface area is 152 Å². The minimum absolute atomic E-state index is 0.0176. The molecule has 4 rings (SSSR count). The number of halogens is 1. The van der Waals surface area contributed by atoms with Crippen molar-refractivity contribution in [3.8, 4) is 10.8 Å². The summed E-state index contributed by atoms with van der Waals surface area (Å²) in [6.45, 7) is 0.183. The van der Waals surface area contributed by atoms with Gasteiger partial charge in [0, 0.05) is 12.1 Å². The van der Waals surface area contributed by atoms with Crippen molar-refractivity contribution in [1.82, 2.24) is 10.3 Å². The number of nitrogens with one attached hydrogen (secondary N) is 2. The van der Waals surface area contributed by atoms with Crippen molar-refractivity contribution in [1.29, 1.82) is 0 Å². The van der Waals surface area contributed by atoms with Crippen molar-refractivity contribution in [2.75, 3.05) is 5.32 Å². The number of oxazole rings is 1. The second kappa shape index (κ2) is 6.72. The van der Waals surface area contributed by atoms with Gasteiger partial charge in [0.15, 0.2) is 0 Å². The highest BCUT2D eigenvalue weighted by atomic mass is 32.1. The summed E-state index contributed by atoms with van der Waals surface area (Å²) in [5.74, 6) is -1.25. The Morgan fingerprint density at radius 1 is 1.42 bits per heavy atom. The van der Waals surface area contributed by atoms with Crippen molar-refractivity contribution < 1.29 is 18.4 Å². The maximum absolute atomic E-state index is 13.4. The number of carbonyl (C=O) groups is 2. The van der Waals surface area contributed by atoms with E-state index in [0.29, 0.717) is 22.8 Å². The van der Waals surface area contributed by atoms with E-state index in [9.17, 15) is 14.0 Å². The second-order valence-corrected chi connectivity index (χ2v) is 6.82. The van der Waals surface area contributed by atoms with Crippen LogP contribution in [0.3, 0.4) is 0 Å². The largest absolute Gasteiger partial charge is 0.443 e. The summed E-state index contributed by atoms with van der Waals surface area (Å²) in [6, 6.07) is 7.83. The van der Waals surface area contributed by atoms with Crippen LogP contribution in [0.1, 0.15) is 23.6 Å². The van der Waals surface area contributed by atoms with Crippen molar-refractivity contribution in [3.63, 3.8) is 0 Å². The van der Waals surface area contributed by atoms with Crippen LogP contribution in [0.4, 0.5) is 10.1 Å². The number of aromatic nitrogens is 1. The Balaban J connectivity index is 1.46. The fourth-order valence-electron chi connectivity index (χ4n) is 2.87. The van der Waals surface area contributed by atoms with Gasteiger partial charge in [0.25, 0.3) is 0 Å². The Morgan fingerprint density at radius 3 is 3.12 bits per heavy atom. The molecule has 132 valence electrons. The van der Waals surface area contributed by atoms with Crippen LogP contribution in [0.2, 0.25) is 0 Å². The lowest BCUT2D eigenvalue weighted by molar-refractivity contribution is -0.126.